The van der Waals surface area contributed by atoms with E-state index in [1.807, 2.05) is 13.8 Å². The van der Waals surface area contributed by atoms with Gasteiger partial charge in [0.15, 0.2) is 11.7 Å². The number of carbonyl (C=O) groups is 3. The Balaban J connectivity index is 1.74. The lowest BCUT2D eigenvalue weighted by Gasteiger charge is -2.28. The van der Waals surface area contributed by atoms with E-state index in [1.165, 1.54) is 13.8 Å². The molecule has 0 radical (unpaired) electrons. The molecule has 7 atom stereocenters. The average molecular weight is 459 g/mol. The number of ether oxygens (including phenoxy) is 5. The van der Waals surface area contributed by atoms with Gasteiger partial charge in [0.1, 0.15) is 18.8 Å². The van der Waals surface area contributed by atoms with Crippen molar-refractivity contribution in [3.63, 3.8) is 0 Å². The lowest BCUT2D eigenvalue weighted by atomic mass is 9.83. The van der Waals surface area contributed by atoms with Crippen molar-refractivity contribution in [1.82, 2.24) is 0 Å². The number of epoxide rings is 2. The molecule has 31 heavy (non-hydrogen) atoms. The van der Waals surface area contributed by atoms with Crippen molar-refractivity contribution in [3.8, 4) is 0 Å². The normalized spacial score (nSPS) is 40.5. The minimum atomic E-state index is -1.91. The third-order valence-electron chi connectivity index (χ3n) is 6.60. The van der Waals surface area contributed by atoms with Gasteiger partial charge in [0.2, 0.25) is 0 Å². The van der Waals surface area contributed by atoms with E-state index in [9.17, 15) is 19.5 Å². The van der Waals surface area contributed by atoms with Crippen LogP contribution in [0.2, 0.25) is 0 Å². The maximum absolute atomic E-state index is 12.7. The first-order chi connectivity index (χ1) is 14.4. The van der Waals surface area contributed by atoms with Crippen molar-refractivity contribution in [2.45, 2.75) is 88.2 Å². The summed E-state index contributed by atoms with van der Waals surface area (Å²) in [5, 5.41) is 10.3. The Bertz CT molecular complexity index is 852. The van der Waals surface area contributed by atoms with E-state index in [-0.39, 0.29) is 30.6 Å². The van der Waals surface area contributed by atoms with Crippen LogP contribution in [-0.4, -0.2) is 76.7 Å². The first-order valence-electron chi connectivity index (χ1n) is 10.3. The number of hydrogen-bond acceptors (Lipinski definition) is 9. The molecule has 0 aromatic carbocycles. The van der Waals surface area contributed by atoms with Crippen molar-refractivity contribution in [1.29, 1.82) is 0 Å². The van der Waals surface area contributed by atoms with Crippen molar-refractivity contribution in [3.05, 3.63) is 11.1 Å². The highest BCUT2D eigenvalue weighted by Gasteiger charge is 2.65. The third-order valence-corrected chi connectivity index (χ3v) is 7.12. The van der Waals surface area contributed by atoms with Gasteiger partial charge in [0, 0.05) is 18.9 Å². The third kappa shape index (κ3) is 4.08. The van der Waals surface area contributed by atoms with E-state index in [0.717, 1.165) is 12.8 Å². The summed E-state index contributed by atoms with van der Waals surface area (Å²) in [6, 6.07) is 0. The molecule has 7 unspecified atom stereocenters. The quantitative estimate of drug-likeness (QED) is 0.280. The molecule has 0 aromatic heterocycles. The summed E-state index contributed by atoms with van der Waals surface area (Å²) in [7, 11) is 0. The van der Waals surface area contributed by atoms with E-state index >= 15 is 0 Å². The van der Waals surface area contributed by atoms with Crippen LogP contribution in [0.25, 0.3) is 0 Å². The molecule has 0 aromatic rings. The van der Waals surface area contributed by atoms with Gasteiger partial charge in [-0.15, -0.1) is 11.6 Å². The van der Waals surface area contributed by atoms with E-state index in [0.29, 0.717) is 5.57 Å². The number of alkyl halides is 1. The molecule has 172 valence electrons. The highest BCUT2D eigenvalue weighted by molar-refractivity contribution is 6.20. The van der Waals surface area contributed by atoms with Crippen LogP contribution < -0.4 is 0 Å². The van der Waals surface area contributed by atoms with Crippen molar-refractivity contribution >= 4 is 29.5 Å². The Morgan fingerprint density at radius 3 is 2.65 bits per heavy atom. The van der Waals surface area contributed by atoms with Gasteiger partial charge in [-0.25, -0.2) is 9.59 Å². The molecule has 4 aliphatic rings. The molecule has 3 fully saturated rings. The van der Waals surface area contributed by atoms with Gasteiger partial charge in [-0.3, -0.25) is 4.79 Å². The second-order valence-electron chi connectivity index (χ2n) is 9.35. The fraction of sp³-hybridized carbons (Fsp3) is 0.762. The number of rotatable bonds is 5. The molecular formula is C21H27ClO9. The molecule has 2 saturated heterocycles. The smallest absolute Gasteiger partial charge is 0.339 e. The van der Waals surface area contributed by atoms with Gasteiger partial charge in [-0.1, -0.05) is 0 Å². The summed E-state index contributed by atoms with van der Waals surface area (Å²) in [5.74, 6) is -2.51. The minimum Gasteiger partial charge on any atom is -0.461 e. The van der Waals surface area contributed by atoms with Crippen molar-refractivity contribution in [2.75, 3.05) is 12.5 Å². The summed E-state index contributed by atoms with van der Waals surface area (Å²) in [6.45, 7) is 6.02. The van der Waals surface area contributed by atoms with Crippen LogP contribution in [0, 0.1) is 0 Å². The second kappa shape index (κ2) is 7.43. The van der Waals surface area contributed by atoms with Gasteiger partial charge in [0.25, 0.3) is 0 Å². The number of aliphatic hydroxyl groups is 1. The van der Waals surface area contributed by atoms with E-state index < -0.39 is 53.0 Å². The SMILES string of the molecule is CC(=O)OCC1=C2C(OC(=O)C(C)(O)CCl)CC3(C)OC3CCC3(C)OC3C2OC1=O. The van der Waals surface area contributed by atoms with Crippen molar-refractivity contribution in [2.24, 2.45) is 0 Å². The Morgan fingerprint density at radius 1 is 1.29 bits per heavy atom. The van der Waals surface area contributed by atoms with Crippen LogP contribution in [0.3, 0.4) is 0 Å². The molecule has 0 spiro atoms. The molecule has 3 heterocycles. The Labute approximate surface area is 184 Å². The summed E-state index contributed by atoms with van der Waals surface area (Å²) < 4.78 is 28.2. The molecular weight excluding hydrogens is 432 g/mol. The largest absolute Gasteiger partial charge is 0.461 e. The van der Waals surface area contributed by atoms with Crippen LogP contribution in [0.15, 0.2) is 11.1 Å². The fourth-order valence-corrected chi connectivity index (χ4v) is 4.55. The first-order valence-corrected chi connectivity index (χ1v) is 10.9. The predicted octanol–water partition coefficient (Wildman–Crippen LogP) is 1.17. The Kier molecular flexibility index (Phi) is 5.40. The lowest BCUT2D eigenvalue weighted by Crippen LogP contribution is -2.43. The summed E-state index contributed by atoms with van der Waals surface area (Å²) in [4.78, 5) is 36.8. The van der Waals surface area contributed by atoms with Gasteiger partial charge in [-0.05, 0) is 33.6 Å². The Hall–Kier alpha value is -1.68. The van der Waals surface area contributed by atoms with Gasteiger partial charge in [-0.2, -0.15) is 0 Å². The molecule has 9 nitrogen and oxygen atoms in total. The van der Waals surface area contributed by atoms with E-state index in [1.54, 1.807) is 0 Å². The maximum Gasteiger partial charge on any atom is 0.339 e. The van der Waals surface area contributed by atoms with Crippen LogP contribution in [-0.2, 0) is 38.1 Å². The summed E-state index contributed by atoms with van der Waals surface area (Å²) >= 11 is 5.73. The zero-order valence-corrected chi connectivity index (χ0v) is 18.7. The molecule has 1 saturated carbocycles. The second-order valence-corrected chi connectivity index (χ2v) is 9.62. The number of fused-ring (bicyclic) bond motifs is 4. The lowest BCUT2D eigenvalue weighted by molar-refractivity contribution is -0.166. The number of carbonyl (C=O) groups excluding carboxylic acids is 3. The van der Waals surface area contributed by atoms with Crippen LogP contribution >= 0.6 is 11.6 Å². The van der Waals surface area contributed by atoms with Crippen LogP contribution in [0.5, 0.6) is 0 Å². The first kappa shape index (κ1) is 22.5. The monoisotopic (exact) mass is 458 g/mol. The predicted molar refractivity (Wildman–Crippen MR) is 105 cm³/mol. The molecule has 10 heteroatoms. The van der Waals surface area contributed by atoms with Gasteiger partial charge < -0.3 is 28.8 Å². The van der Waals surface area contributed by atoms with E-state index in [2.05, 4.69) is 0 Å². The number of esters is 3. The zero-order valence-electron chi connectivity index (χ0n) is 17.9. The topological polar surface area (TPSA) is 124 Å². The fourth-order valence-electron chi connectivity index (χ4n) is 4.44. The highest BCUT2D eigenvalue weighted by Crippen LogP contribution is 2.54. The average Bonchev–Trinajstić information content (AvgIpc) is 3.51. The number of hydrogen-bond donors (Lipinski definition) is 1. The summed E-state index contributed by atoms with van der Waals surface area (Å²) in [5.41, 5.74) is -2.50. The standard InChI is InChI=1S/C21H27ClO9/c1-10(23)27-8-11-14-12(28-18(25)19(2,26)9-22)7-21(4)13(30-21)5-6-20(3)16(31-20)15(14)29-17(11)24/h12-13,15-16,26H,5-9H2,1-4H3. The molecule has 4 rings (SSSR count). The highest BCUT2D eigenvalue weighted by atomic mass is 35.5. The molecule has 0 bridgehead atoms. The van der Waals surface area contributed by atoms with Gasteiger partial charge in [0.05, 0.1) is 28.8 Å². The maximum atomic E-state index is 12.7. The zero-order chi connectivity index (χ0) is 22.8. The van der Waals surface area contributed by atoms with Crippen LogP contribution in [0.4, 0.5) is 0 Å². The van der Waals surface area contributed by atoms with E-state index in [4.69, 9.17) is 35.3 Å². The number of halogens is 1. The van der Waals surface area contributed by atoms with Crippen LogP contribution in [0.1, 0.15) is 47.0 Å². The molecule has 1 aliphatic carbocycles. The summed E-state index contributed by atoms with van der Waals surface area (Å²) in [6.07, 6.45) is -0.480. The molecule has 3 aliphatic heterocycles. The Morgan fingerprint density at radius 2 is 2.00 bits per heavy atom. The van der Waals surface area contributed by atoms with Gasteiger partial charge >= 0.3 is 17.9 Å². The minimum absolute atomic E-state index is 0.0454. The molecule has 1 N–H and O–H groups in total. The molecule has 0 amide bonds. The van der Waals surface area contributed by atoms with Crippen molar-refractivity contribution < 1.29 is 43.2 Å².